The lowest BCUT2D eigenvalue weighted by Crippen LogP contribution is -2.45. The first kappa shape index (κ1) is 37.5. The summed E-state index contributed by atoms with van der Waals surface area (Å²) in [5.41, 5.74) is 15.0. The smallest absolute Gasteiger partial charge is 0.100 e. The zero-order valence-corrected chi connectivity index (χ0v) is 35.1. The van der Waals surface area contributed by atoms with Gasteiger partial charge in [0.15, 0.2) is 0 Å². The summed E-state index contributed by atoms with van der Waals surface area (Å²) in [5, 5.41) is 2.64. The second-order valence-corrected chi connectivity index (χ2v) is 17.1. The van der Waals surface area contributed by atoms with E-state index in [1.54, 1.807) is 0 Å². The van der Waals surface area contributed by atoms with Crippen molar-refractivity contribution < 1.29 is 0 Å². The van der Waals surface area contributed by atoms with E-state index in [1.165, 1.54) is 81.4 Å². The maximum atomic E-state index is 2.62. The molecule has 0 saturated carbocycles. The molecule has 1 atom stereocenters. The van der Waals surface area contributed by atoms with Crippen LogP contribution in [0.4, 0.5) is 11.4 Å². The SMILES string of the molecule is C1=CCC(c2ccccc2-c2ccccc2)(N(c2ccc(-c3cccc(-c4ccccc4)c3)cc2)c2ccc(-c3cccc4sc5ccccc5c34)cc2)C(c2ccccc2)=C1. The normalized spacial score (nSPS) is 14.8. The van der Waals surface area contributed by atoms with Gasteiger partial charge in [-0.2, -0.15) is 0 Å². The van der Waals surface area contributed by atoms with Gasteiger partial charge in [-0.3, -0.25) is 0 Å². The van der Waals surface area contributed by atoms with Crippen LogP contribution in [-0.4, -0.2) is 0 Å². The highest BCUT2D eigenvalue weighted by Crippen LogP contribution is 2.54. The molecule has 10 aromatic rings. The van der Waals surface area contributed by atoms with Crippen LogP contribution in [0.3, 0.4) is 0 Å². The van der Waals surface area contributed by atoms with Crippen LogP contribution >= 0.6 is 11.3 Å². The molecule has 0 fully saturated rings. The molecule has 1 aliphatic carbocycles. The molecule has 62 heavy (non-hydrogen) atoms. The van der Waals surface area contributed by atoms with E-state index < -0.39 is 5.54 Å². The minimum absolute atomic E-state index is 0.637. The number of fused-ring (bicyclic) bond motifs is 3. The highest BCUT2D eigenvalue weighted by Gasteiger charge is 2.45. The van der Waals surface area contributed by atoms with Crippen molar-refractivity contribution in [2.75, 3.05) is 4.90 Å². The van der Waals surface area contributed by atoms with Crippen molar-refractivity contribution in [3.63, 3.8) is 0 Å². The van der Waals surface area contributed by atoms with Gasteiger partial charge >= 0.3 is 0 Å². The maximum Gasteiger partial charge on any atom is 0.100 e. The first-order chi connectivity index (χ1) is 30.7. The van der Waals surface area contributed by atoms with Gasteiger partial charge in [-0.05, 0) is 110 Å². The van der Waals surface area contributed by atoms with E-state index in [-0.39, 0.29) is 0 Å². The van der Waals surface area contributed by atoms with Crippen LogP contribution in [0.5, 0.6) is 0 Å². The molecule has 0 saturated heterocycles. The number of rotatable bonds is 9. The van der Waals surface area contributed by atoms with Crippen molar-refractivity contribution >= 4 is 48.5 Å². The molecule has 0 aliphatic heterocycles. The van der Waals surface area contributed by atoms with Gasteiger partial charge in [-0.25, -0.2) is 0 Å². The van der Waals surface area contributed by atoms with Crippen molar-refractivity contribution in [3.8, 4) is 44.5 Å². The quantitative estimate of drug-likeness (QED) is 0.140. The minimum atomic E-state index is -0.637. The Bertz CT molecular complexity index is 3230. The number of anilines is 2. The molecule has 9 aromatic carbocycles. The Labute approximate surface area is 367 Å². The Morgan fingerprint density at radius 2 is 0.887 bits per heavy atom. The van der Waals surface area contributed by atoms with Crippen LogP contribution in [0.25, 0.3) is 70.3 Å². The molecule has 1 heterocycles. The zero-order chi connectivity index (χ0) is 41.3. The molecule has 0 bridgehead atoms. The Hall–Kier alpha value is -7.52. The van der Waals surface area contributed by atoms with Crippen LogP contribution < -0.4 is 4.90 Å². The number of benzene rings is 9. The number of hydrogen-bond donors (Lipinski definition) is 0. The molecule has 11 rings (SSSR count). The van der Waals surface area contributed by atoms with Gasteiger partial charge in [0.05, 0.1) is 0 Å². The summed E-state index contributed by atoms with van der Waals surface area (Å²) < 4.78 is 2.63. The van der Waals surface area contributed by atoms with E-state index in [1.807, 2.05) is 11.3 Å². The molecule has 0 N–H and O–H groups in total. The fourth-order valence-electron chi connectivity index (χ4n) is 9.61. The topological polar surface area (TPSA) is 3.24 Å². The first-order valence-electron chi connectivity index (χ1n) is 21.4. The van der Waals surface area contributed by atoms with Gasteiger partial charge in [0.2, 0.25) is 0 Å². The number of allylic oxidation sites excluding steroid dienone is 2. The summed E-state index contributed by atoms with van der Waals surface area (Å²) in [5.74, 6) is 0. The van der Waals surface area contributed by atoms with Crippen molar-refractivity contribution in [2.24, 2.45) is 0 Å². The van der Waals surface area contributed by atoms with E-state index in [2.05, 4.69) is 254 Å². The molecular weight excluding hydrogens is 767 g/mol. The van der Waals surface area contributed by atoms with E-state index in [9.17, 15) is 0 Å². The molecule has 1 aliphatic rings. The molecule has 1 unspecified atom stereocenters. The molecule has 0 amide bonds. The third-order valence-corrected chi connectivity index (χ3v) is 13.6. The van der Waals surface area contributed by atoms with Gasteiger partial charge in [-0.1, -0.05) is 206 Å². The van der Waals surface area contributed by atoms with E-state index in [0.29, 0.717) is 0 Å². The van der Waals surface area contributed by atoms with Gasteiger partial charge < -0.3 is 4.90 Å². The summed E-state index contributed by atoms with van der Waals surface area (Å²) in [7, 11) is 0. The average Bonchev–Trinajstić information content (AvgIpc) is 3.75. The Kier molecular flexibility index (Phi) is 9.77. The highest BCUT2D eigenvalue weighted by molar-refractivity contribution is 7.25. The van der Waals surface area contributed by atoms with Crippen LogP contribution in [-0.2, 0) is 5.54 Å². The Morgan fingerprint density at radius 1 is 0.387 bits per heavy atom. The molecule has 0 radical (unpaired) electrons. The van der Waals surface area contributed by atoms with E-state index in [0.717, 1.165) is 17.8 Å². The third-order valence-electron chi connectivity index (χ3n) is 12.4. The Morgan fingerprint density at radius 3 is 1.60 bits per heavy atom. The van der Waals surface area contributed by atoms with E-state index in [4.69, 9.17) is 0 Å². The fourth-order valence-corrected chi connectivity index (χ4v) is 10.7. The van der Waals surface area contributed by atoms with Crippen molar-refractivity contribution in [1.82, 2.24) is 0 Å². The number of thiophene rings is 1. The summed E-state index contributed by atoms with van der Waals surface area (Å²) in [6.07, 6.45) is 7.69. The number of hydrogen-bond acceptors (Lipinski definition) is 2. The zero-order valence-electron chi connectivity index (χ0n) is 34.2. The molecule has 294 valence electrons. The lowest BCUT2D eigenvalue weighted by molar-refractivity contribution is 0.568. The predicted molar refractivity (Wildman–Crippen MR) is 266 cm³/mol. The standard InChI is InChI=1S/C60H43NS/c1-4-18-43(19-5-1)48-24-16-25-49(42-48)44-33-37-50(38-34-44)61(51-39-35-46(36-40-51)53-28-17-32-58-59(53)54-27-11-13-31-57(54)62-58)60(41-15-14-29-55(60)47-22-8-3-9-23-47)56-30-12-10-26-52(56)45-20-6-2-7-21-45/h1-40,42H,41H2. The summed E-state index contributed by atoms with van der Waals surface area (Å²) in [4.78, 5) is 2.62. The first-order valence-corrected chi connectivity index (χ1v) is 22.2. The summed E-state index contributed by atoms with van der Waals surface area (Å²) >= 11 is 1.87. The lowest BCUT2D eigenvalue weighted by atomic mass is 9.70. The van der Waals surface area contributed by atoms with E-state index >= 15 is 0 Å². The fraction of sp³-hybridized carbons (Fsp3) is 0.0333. The molecule has 1 nitrogen and oxygen atoms in total. The predicted octanol–water partition coefficient (Wildman–Crippen LogP) is 16.8. The Balaban J connectivity index is 1.13. The number of nitrogens with zero attached hydrogens (tertiary/aromatic N) is 1. The minimum Gasteiger partial charge on any atom is -0.327 e. The van der Waals surface area contributed by atoms with Crippen LogP contribution in [0.15, 0.2) is 249 Å². The molecule has 2 heteroatoms. The third kappa shape index (κ3) is 6.66. The average molecular weight is 810 g/mol. The van der Waals surface area contributed by atoms with Crippen molar-refractivity contribution in [2.45, 2.75) is 12.0 Å². The largest absolute Gasteiger partial charge is 0.327 e. The van der Waals surface area contributed by atoms with Crippen LogP contribution in [0, 0.1) is 0 Å². The van der Waals surface area contributed by atoms with Gasteiger partial charge in [0, 0.05) is 31.5 Å². The maximum absolute atomic E-state index is 2.62. The van der Waals surface area contributed by atoms with Crippen LogP contribution in [0.1, 0.15) is 17.5 Å². The molecule has 1 aromatic heterocycles. The van der Waals surface area contributed by atoms with Crippen LogP contribution in [0.2, 0.25) is 0 Å². The summed E-state index contributed by atoms with van der Waals surface area (Å²) in [6, 6.07) is 84.5. The van der Waals surface area contributed by atoms with Crippen molar-refractivity contribution in [3.05, 3.63) is 260 Å². The summed E-state index contributed by atoms with van der Waals surface area (Å²) in [6.45, 7) is 0. The van der Waals surface area contributed by atoms with Gasteiger partial charge in [0.25, 0.3) is 0 Å². The molecular formula is C60H43NS. The second kappa shape index (κ2) is 16.2. The monoisotopic (exact) mass is 809 g/mol. The molecule has 0 spiro atoms. The second-order valence-electron chi connectivity index (χ2n) is 16.0. The lowest BCUT2D eigenvalue weighted by Gasteiger charge is -2.49. The highest BCUT2D eigenvalue weighted by atomic mass is 32.1. The van der Waals surface area contributed by atoms with Gasteiger partial charge in [0.1, 0.15) is 5.54 Å². The van der Waals surface area contributed by atoms with Crippen molar-refractivity contribution in [1.29, 1.82) is 0 Å². The van der Waals surface area contributed by atoms with Gasteiger partial charge in [-0.15, -0.1) is 11.3 Å².